The summed E-state index contributed by atoms with van der Waals surface area (Å²) in [6.07, 6.45) is 3.27. The Hall–Kier alpha value is -2.80. The molecule has 1 amide bonds. The number of hydrogen-bond acceptors (Lipinski definition) is 6. The van der Waals surface area contributed by atoms with Crippen LogP contribution in [0.4, 0.5) is 11.1 Å². The van der Waals surface area contributed by atoms with Gasteiger partial charge >= 0.3 is 0 Å². The third-order valence-electron chi connectivity index (χ3n) is 2.82. The number of aromatic nitrogens is 3. The van der Waals surface area contributed by atoms with Crippen LogP contribution in [0.5, 0.6) is 0 Å². The van der Waals surface area contributed by atoms with Crippen LogP contribution < -0.4 is 10.6 Å². The molecule has 0 atom stereocenters. The molecule has 6 nitrogen and oxygen atoms in total. The number of carbonyl (C=O) groups is 1. The molecule has 7 heteroatoms. The Morgan fingerprint density at radius 3 is 2.64 bits per heavy atom. The van der Waals surface area contributed by atoms with Crippen molar-refractivity contribution in [2.75, 3.05) is 5.32 Å². The summed E-state index contributed by atoms with van der Waals surface area (Å²) in [4.78, 5) is 24.4. The number of nitrogens with zero attached hydrogens (tertiary/aromatic N) is 3. The molecule has 0 unspecified atom stereocenters. The molecular weight excluding hydrogens is 298 g/mol. The molecule has 0 fully saturated rings. The van der Waals surface area contributed by atoms with Gasteiger partial charge in [-0.3, -0.25) is 4.79 Å². The number of carbonyl (C=O) groups excluding carboxylic acids is 1. The van der Waals surface area contributed by atoms with Crippen molar-refractivity contribution in [1.82, 2.24) is 20.3 Å². The van der Waals surface area contributed by atoms with Gasteiger partial charge in [0, 0.05) is 24.3 Å². The smallest absolute Gasteiger partial charge is 0.271 e. The van der Waals surface area contributed by atoms with Crippen LogP contribution in [0, 0.1) is 0 Å². The standard InChI is InChI=1S/C15H13N5OS/c21-13(18-9-11-5-2-1-3-6-11)12-10-22-15(19-12)20-14-16-7-4-8-17-14/h1-8,10H,9H2,(H,18,21)(H,16,17,19,20). The van der Waals surface area contributed by atoms with Crippen molar-refractivity contribution < 1.29 is 4.79 Å². The monoisotopic (exact) mass is 311 g/mol. The van der Waals surface area contributed by atoms with E-state index in [-0.39, 0.29) is 5.91 Å². The van der Waals surface area contributed by atoms with Crippen LogP contribution in [0.3, 0.4) is 0 Å². The molecule has 0 radical (unpaired) electrons. The second-order valence-electron chi connectivity index (χ2n) is 4.40. The van der Waals surface area contributed by atoms with Gasteiger partial charge in [-0.25, -0.2) is 15.0 Å². The van der Waals surface area contributed by atoms with E-state index in [1.807, 2.05) is 30.3 Å². The van der Waals surface area contributed by atoms with Gasteiger partial charge < -0.3 is 10.6 Å². The summed E-state index contributed by atoms with van der Waals surface area (Å²) in [7, 11) is 0. The molecule has 22 heavy (non-hydrogen) atoms. The highest BCUT2D eigenvalue weighted by atomic mass is 32.1. The van der Waals surface area contributed by atoms with E-state index in [0.717, 1.165) is 5.56 Å². The van der Waals surface area contributed by atoms with Crippen molar-refractivity contribution in [3.63, 3.8) is 0 Å². The Kier molecular flexibility index (Phi) is 4.35. The second-order valence-corrected chi connectivity index (χ2v) is 5.26. The number of benzene rings is 1. The third-order valence-corrected chi connectivity index (χ3v) is 3.57. The maximum Gasteiger partial charge on any atom is 0.271 e. The molecular formula is C15H13N5OS. The first-order chi connectivity index (χ1) is 10.8. The second kappa shape index (κ2) is 6.77. The Labute approximate surface area is 131 Å². The molecule has 3 aromatic rings. The van der Waals surface area contributed by atoms with Crippen molar-refractivity contribution in [2.24, 2.45) is 0 Å². The lowest BCUT2D eigenvalue weighted by Crippen LogP contribution is -2.23. The number of nitrogens with one attached hydrogen (secondary N) is 2. The molecule has 0 saturated heterocycles. The zero-order valence-electron chi connectivity index (χ0n) is 11.6. The van der Waals surface area contributed by atoms with Crippen LogP contribution in [0.1, 0.15) is 16.1 Å². The lowest BCUT2D eigenvalue weighted by atomic mass is 10.2. The maximum absolute atomic E-state index is 12.1. The summed E-state index contributed by atoms with van der Waals surface area (Å²) in [5.41, 5.74) is 1.42. The average Bonchev–Trinajstić information content (AvgIpc) is 3.03. The summed E-state index contributed by atoms with van der Waals surface area (Å²) < 4.78 is 0. The predicted octanol–water partition coefficient (Wildman–Crippen LogP) is 2.61. The van der Waals surface area contributed by atoms with Gasteiger partial charge in [-0.15, -0.1) is 11.3 Å². The first-order valence-corrected chi connectivity index (χ1v) is 7.51. The minimum Gasteiger partial charge on any atom is -0.347 e. The van der Waals surface area contributed by atoms with Gasteiger partial charge in [0.2, 0.25) is 5.95 Å². The molecule has 0 aliphatic carbocycles. The van der Waals surface area contributed by atoms with E-state index in [9.17, 15) is 4.79 Å². The summed E-state index contributed by atoms with van der Waals surface area (Å²) >= 11 is 1.33. The van der Waals surface area contributed by atoms with Crippen LogP contribution in [0.2, 0.25) is 0 Å². The van der Waals surface area contributed by atoms with Crippen molar-refractivity contribution >= 4 is 28.3 Å². The Bertz CT molecular complexity index is 745. The highest BCUT2D eigenvalue weighted by molar-refractivity contribution is 7.14. The van der Waals surface area contributed by atoms with Gasteiger partial charge in [-0.1, -0.05) is 30.3 Å². The maximum atomic E-state index is 12.1. The molecule has 110 valence electrons. The first-order valence-electron chi connectivity index (χ1n) is 6.63. The Morgan fingerprint density at radius 2 is 1.86 bits per heavy atom. The van der Waals surface area contributed by atoms with E-state index < -0.39 is 0 Å². The zero-order chi connectivity index (χ0) is 15.2. The molecule has 0 aliphatic rings. The van der Waals surface area contributed by atoms with Gasteiger partial charge in [-0.05, 0) is 11.6 Å². The molecule has 2 aromatic heterocycles. The summed E-state index contributed by atoms with van der Waals surface area (Å²) in [6, 6.07) is 11.5. The number of hydrogen-bond donors (Lipinski definition) is 2. The molecule has 0 bridgehead atoms. The fourth-order valence-corrected chi connectivity index (χ4v) is 2.45. The van der Waals surface area contributed by atoms with Crippen molar-refractivity contribution in [1.29, 1.82) is 0 Å². The van der Waals surface area contributed by atoms with Crippen molar-refractivity contribution in [2.45, 2.75) is 6.54 Å². The van der Waals surface area contributed by atoms with Gasteiger partial charge in [0.25, 0.3) is 5.91 Å². The summed E-state index contributed by atoms with van der Waals surface area (Å²) in [5.74, 6) is 0.246. The fraction of sp³-hybridized carbons (Fsp3) is 0.0667. The number of rotatable bonds is 5. The van der Waals surface area contributed by atoms with Crippen molar-refractivity contribution in [3.8, 4) is 0 Å². The van der Waals surface area contributed by atoms with E-state index in [1.165, 1.54) is 11.3 Å². The number of anilines is 2. The lowest BCUT2D eigenvalue weighted by Gasteiger charge is -2.03. The summed E-state index contributed by atoms with van der Waals surface area (Å²) in [5, 5.41) is 8.08. The molecule has 0 saturated carbocycles. The molecule has 0 spiro atoms. The zero-order valence-corrected chi connectivity index (χ0v) is 12.4. The normalized spacial score (nSPS) is 10.2. The van der Waals surface area contributed by atoms with Gasteiger partial charge in [0.05, 0.1) is 0 Å². The SMILES string of the molecule is O=C(NCc1ccccc1)c1csc(Nc2ncccn2)n1. The topological polar surface area (TPSA) is 79.8 Å². The van der Waals surface area contributed by atoms with Crippen LogP contribution in [-0.2, 0) is 6.54 Å². The van der Waals surface area contributed by atoms with Crippen molar-refractivity contribution in [3.05, 3.63) is 65.4 Å². The number of thiazole rings is 1. The molecule has 2 heterocycles. The highest BCUT2D eigenvalue weighted by Gasteiger charge is 2.11. The van der Waals surface area contributed by atoms with Crippen LogP contribution in [0.15, 0.2) is 54.2 Å². The van der Waals surface area contributed by atoms with E-state index >= 15 is 0 Å². The van der Waals surface area contributed by atoms with E-state index in [2.05, 4.69) is 25.6 Å². The largest absolute Gasteiger partial charge is 0.347 e. The minimum atomic E-state index is -0.206. The van der Waals surface area contributed by atoms with Gasteiger partial charge in [0.15, 0.2) is 5.13 Å². The molecule has 2 N–H and O–H groups in total. The summed E-state index contributed by atoms with van der Waals surface area (Å²) in [6.45, 7) is 0.474. The van der Waals surface area contributed by atoms with E-state index in [4.69, 9.17) is 0 Å². The van der Waals surface area contributed by atoms with Crippen LogP contribution in [0.25, 0.3) is 0 Å². The van der Waals surface area contributed by atoms with Crippen LogP contribution >= 0.6 is 11.3 Å². The highest BCUT2D eigenvalue weighted by Crippen LogP contribution is 2.18. The number of amides is 1. The van der Waals surface area contributed by atoms with Gasteiger partial charge in [-0.2, -0.15) is 0 Å². The third kappa shape index (κ3) is 3.64. The minimum absolute atomic E-state index is 0.206. The van der Waals surface area contributed by atoms with E-state index in [1.54, 1.807) is 23.8 Å². The quantitative estimate of drug-likeness (QED) is 0.757. The molecule has 3 rings (SSSR count). The molecule has 0 aliphatic heterocycles. The predicted molar refractivity (Wildman–Crippen MR) is 85.0 cm³/mol. The Balaban J connectivity index is 1.60. The molecule has 1 aromatic carbocycles. The van der Waals surface area contributed by atoms with Gasteiger partial charge in [0.1, 0.15) is 5.69 Å². The van der Waals surface area contributed by atoms with Crippen LogP contribution in [-0.4, -0.2) is 20.9 Å². The average molecular weight is 311 g/mol. The Morgan fingerprint density at radius 1 is 1.09 bits per heavy atom. The first kappa shape index (κ1) is 14.2. The fourth-order valence-electron chi connectivity index (χ4n) is 1.76. The lowest BCUT2D eigenvalue weighted by molar-refractivity contribution is 0.0946. The van der Waals surface area contributed by atoms with E-state index in [0.29, 0.717) is 23.3 Å².